The lowest BCUT2D eigenvalue weighted by molar-refractivity contribution is -0.593. The minimum absolute atomic E-state index is 0.0575. The van der Waals surface area contributed by atoms with Crippen molar-refractivity contribution < 1.29 is 19.5 Å². The van der Waals surface area contributed by atoms with E-state index in [0.717, 1.165) is 0 Å². The standard InChI is InChI=1S/C8H15NO5/c1-5-7(10)8(2,9(11)12)4-6(13-3)14-5/h5-7,10H,4H2,1-3H3/t5-,6+,7-,8+/m1/s1. The van der Waals surface area contributed by atoms with Gasteiger partial charge in [0.15, 0.2) is 6.29 Å². The van der Waals surface area contributed by atoms with E-state index < -0.39 is 29.0 Å². The minimum Gasteiger partial charge on any atom is -0.383 e. The molecular weight excluding hydrogens is 190 g/mol. The number of nitrogens with zero attached hydrogens (tertiary/aromatic N) is 1. The quantitative estimate of drug-likeness (QED) is 0.513. The first-order chi connectivity index (χ1) is 6.41. The molecule has 0 radical (unpaired) electrons. The van der Waals surface area contributed by atoms with Gasteiger partial charge in [-0.15, -0.1) is 0 Å². The number of aliphatic hydroxyl groups is 1. The lowest BCUT2D eigenvalue weighted by Crippen LogP contribution is -2.59. The molecule has 0 aliphatic carbocycles. The van der Waals surface area contributed by atoms with Crippen molar-refractivity contribution in [2.24, 2.45) is 0 Å². The molecule has 0 amide bonds. The highest BCUT2D eigenvalue weighted by Crippen LogP contribution is 2.31. The van der Waals surface area contributed by atoms with Gasteiger partial charge < -0.3 is 14.6 Å². The maximum Gasteiger partial charge on any atom is 0.252 e. The molecule has 0 unspecified atom stereocenters. The first-order valence-electron chi connectivity index (χ1n) is 4.42. The van der Waals surface area contributed by atoms with E-state index in [1.807, 2.05) is 0 Å². The highest BCUT2D eigenvalue weighted by Gasteiger charge is 2.54. The van der Waals surface area contributed by atoms with Crippen molar-refractivity contribution >= 4 is 0 Å². The number of hydrogen-bond donors (Lipinski definition) is 1. The monoisotopic (exact) mass is 205 g/mol. The van der Waals surface area contributed by atoms with Gasteiger partial charge in [0.05, 0.1) is 12.5 Å². The van der Waals surface area contributed by atoms with Gasteiger partial charge in [0.2, 0.25) is 0 Å². The smallest absolute Gasteiger partial charge is 0.252 e. The van der Waals surface area contributed by atoms with Gasteiger partial charge in [0.25, 0.3) is 5.54 Å². The summed E-state index contributed by atoms with van der Waals surface area (Å²) in [7, 11) is 1.43. The molecule has 0 aromatic carbocycles. The van der Waals surface area contributed by atoms with Gasteiger partial charge in [-0.2, -0.15) is 0 Å². The van der Waals surface area contributed by atoms with Crippen LogP contribution in [0.4, 0.5) is 0 Å². The third-order valence-corrected chi connectivity index (χ3v) is 2.71. The average molecular weight is 205 g/mol. The third kappa shape index (κ3) is 1.73. The molecule has 4 atom stereocenters. The van der Waals surface area contributed by atoms with Crippen molar-refractivity contribution in [1.29, 1.82) is 0 Å². The summed E-state index contributed by atoms with van der Waals surface area (Å²) in [5, 5.41) is 20.5. The second-order valence-electron chi connectivity index (χ2n) is 3.77. The van der Waals surface area contributed by atoms with Crippen LogP contribution in [0.1, 0.15) is 20.3 Å². The van der Waals surface area contributed by atoms with E-state index in [2.05, 4.69) is 0 Å². The van der Waals surface area contributed by atoms with Crippen LogP contribution in [0.3, 0.4) is 0 Å². The van der Waals surface area contributed by atoms with Crippen molar-refractivity contribution in [2.75, 3.05) is 7.11 Å². The predicted molar refractivity (Wildman–Crippen MR) is 47.4 cm³/mol. The molecule has 6 nitrogen and oxygen atoms in total. The van der Waals surface area contributed by atoms with E-state index in [1.165, 1.54) is 14.0 Å². The first-order valence-corrected chi connectivity index (χ1v) is 4.42. The molecule has 0 saturated carbocycles. The van der Waals surface area contributed by atoms with Crippen LogP contribution in [-0.4, -0.2) is 41.2 Å². The topological polar surface area (TPSA) is 81.8 Å². The van der Waals surface area contributed by atoms with E-state index in [-0.39, 0.29) is 6.42 Å². The van der Waals surface area contributed by atoms with Crippen molar-refractivity contribution in [1.82, 2.24) is 0 Å². The Hall–Kier alpha value is -0.720. The summed E-state index contributed by atoms with van der Waals surface area (Å²) in [6.45, 7) is 3.00. The van der Waals surface area contributed by atoms with Crippen molar-refractivity contribution in [3.63, 3.8) is 0 Å². The number of nitro groups is 1. The number of methoxy groups -OCH3 is 1. The van der Waals surface area contributed by atoms with Crippen LogP contribution < -0.4 is 0 Å². The van der Waals surface area contributed by atoms with E-state index in [9.17, 15) is 15.2 Å². The lowest BCUT2D eigenvalue weighted by Gasteiger charge is -2.38. The highest BCUT2D eigenvalue weighted by molar-refractivity contribution is 4.91. The molecule has 14 heavy (non-hydrogen) atoms. The molecule has 1 rings (SSSR count). The summed E-state index contributed by atoms with van der Waals surface area (Å²) in [5.41, 5.74) is -1.39. The maximum absolute atomic E-state index is 10.8. The molecule has 1 heterocycles. The largest absolute Gasteiger partial charge is 0.383 e. The molecule has 1 aliphatic heterocycles. The predicted octanol–water partition coefficient (Wildman–Crippen LogP) is 0.164. The summed E-state index contributed by atoms with van der Waals surface area (Å²) in [6, 6.07) is 0. The van der Waals surface area contributed by atoms with Crippen LogP contribution in [0.5, 0.6) is 0 Å². The molecule has 0 aromatic rings. The van der Waals surface area contributed by atoms with Crippen LogP contribution >= 0.6 is 0 Å². The number of rotatable bonds is 2. The lowest BCUT2D eigenvalue weighted by atomic mass is 9.86. The number of aliphatic hydroxyl groups excluding tert-OH is 1. The van der Waals surface area contributed by atoms with Gasteiger partial charge in [-0.3, -0.25) is 10.1 Å². The van der Waals surface area contributed by atoms with Crippen LogP contribution in [0.2, 0.25) is 0 Å². The number of ether oxygens (including phenoxy) is 2. The molecule has 82 valence electrons. The highest BCUT2D eigenvalue weighted by atomic mass is 16.7. The van der Waals surface area contributed by atoms with E-state index in [4.69, 9.17) is 9.47 Å². The van der Waals surface area contributed by atoms with Crippen LogP contribution in [0, 0.1) is 10.1 Å². The second kappa shape index (κ2) is 3.80. The summed E-state index contributed by atoms with van der Waals surface area (Å²) in [6.07, 6.45) is -2.26. The zero-order valence-electron chi connectivity index (χ0n) is 8.47. The molecule has 0 bridgehead atoms. The van der Waals surface area contributed by atoms with E-state index >= 15 is 0 Å². The summed E-state index contributed by atoms with van der Waals surface area (Å²) in [4.78, 5) is 10.4. The van der Waals surface area contributed by atoms with Crippen LogP contribution in [-0.2, 0) is 9.47 Å². The Kier molecular flexibility index (Phi) is 3.08. The second-order valence-corrected chi connectivity index (χ2v) is 3.77. The van der Waals surface area contributed by atoms with Crippen molar-refractivity contribution in [3.05, 3.63) is 10.1 Å². The fourth-order valence-corrected chi connectivity index (χ4v) is 1.65. The van der Waals surface area contributed by atoms with Crippen molar-refractivity contribution in [2.45, 2.75) is 44.3 Å². The average Bonchev–Trinajstić information content (AvgIpc) is 2.13. The molecule has 0 aromatic heterocycles. The molecular formula is C8H15NO5. The molecule has 1 aliphatic rings. The molecule has 1 fully saturated rings. The van der Waals surface area contributed by atoms with Crippen LogP contribution in [0.15, 0.2) is 0 Å². The summed E-state index contributed by atoms with van der Waals surface area (Å²) >= 11 is 0. The van der Waals surface area contributed by atoms with E-state index in [1.54, 1.807) is 6.92 Å². The summed E-state index contributed by atoms with van der Waals surface area (Å²) < 4.78 is 10.1. The Morgan fingerprint density at radius 3 is 2.71 bits per heavy atom. The minimum atomic E-state index is -1.39. The summed E-state index contributed by atoms with van der Waals surface area (Å²) in [5.74, 6) is 0. The van der Waals surface area contributed by atoms with Gasteiger partial charge in [-0.1, -0.05) is 0 Å². The molecule has 1 N–H and O–H groups in total. The molecule has 0 spiro atoms. The Labute approximate surface area is 82.0 Å². The van der Waals surface area contributed by atoms with Gasteiger partial charge in [-0.25, -0.2) is 0 Å². The fourth-order valence-electron chi connectivity index (χ4n) is 1.65. The SMILES string of the molecule is CO[C@@H]1C[C@](C)([N+](=O)[O-])[C@H](O)[C@@H](C)O1. The first kappa shape index (κ1) is 11.4. The molecule has 6 heteroatoms. The Balaban J connectivity index is 2.87. The zero-order chi connectivity index (χ0) is 10.9. The maximum atomic E-state index is 10.8. The van der Waals surface area contributed by atoms with Crippen molar-refractivity contribution in [3.8, 4) is 0 Å². The van der Waals surface area contributed by atoms with Crippen LogP contribution in [0.25, 0.3) is 0 Å². The third-order valence-electron chi connectivity index (χ3n) is 2.71. The molecule has 1 saturated heterocycles. The van der Waals surface area contributed by atoms with E-state index in [0.29, 0.717) is 0 Å². The van der Waals surface area contributed by atoms with Gasteiger partial charge in [0.1, 0.15) is 6.10 Å². The Morgan fingerprint density at radius 2 is 2.29 bits per heavy atom. The zero-order valence-corrected chi connectivity index (χ0v) is 8.47. The number of hydrogen-bond acceptors (Lipinski definition) is 5. The van der Waals surface area contributed by atoms with Gasteiger partial charge in [0, 0.05) is 19.0 Å². The van der Waals surface area contributed by atoms with Gasteiger partial charge >= 0.3 is 0 Å². The fraction of sp³-hybridized carbons (Fsp3) is 1.00. The Morgan fingerprint density at radius 1 is 1.71 bits per heavy atom. The Bertz CT molecular complexity index is 234. The van der Waals surface area contributed by atoms with Gasteiger partial charge in [-0.05, 0) is 6.92 Å². The normalized spacial score (nSPS) is 43.6.